The predicted molar refractivity (Wildman–Crippen MR) is 64.8 cm³/mol. The lowest BCUT2D eigenvalue weighted by Gasteiger charge is -2.19. The normalized spacial score (nSPS) is 14.5. The smallest absolute Gasteiger partial charge is 0.274 e. The number of hydrogen-bond acceptors (Lipinski definition) is 3. The Bertz CT molecular complexity index is 394. The van der Waals surface area contributed by atoms with Gasteiger partial charge in [0.1, 0.15) is 0 Å². The number of nitrogens with zero attached hydrogens (tertiary/aromatic N) is 1. The molecule has 5 heteroatoms. The first-order valence-corrected chi connectivity index (χ1v) is 5.54. The largest absolute Gasteiger partial charge is 0.327 e. The second-order valence-electron chi connectivity index (χ2n) is 3.83. The Balaban J connectivity index is 3.26. The molecule has 88 valence electrons. The fourth-order valence-electron chi connectivity index (χ4n) is 1.86. The summed E-state index contributed by atoms with van der Waals surface area (Å²) in [6.45, 7) is 3.82. The van der Waals surface area contributed by atoms with Gasteiger partial charge in [0.25, 0.3) is 5.69 Å². The van der Waals surface area contributed by atoms with E-state index in [-0.39, 0.29) is 17.6 Å². The molecule has 0 aliphatic rings. The van der Waals surface area contributed by atoms with Crippen molar-refractivity contribution in [3.63, 3.8) is 0 Å². The summed E-state index contributed by atoms with van der Waals surface area (Å²) < 4.78 is 0. The second-order valence-corrected chi connectivity index (χ2v) is 4.27. The molecule has 2 N–H and O–H groups in total. The van der Waals surface area contributed by atoms with Crippen LogP contribution in [0, 0.1) is 10.1 Å². The van der Waals surface area contributed by atoms with Crippen molar-refractivity contribution in [3.8, 4) is 0 Å². The van der Waals surface area contributed by atoms with Crippen molar-refractivity contribution in [2.75, 3.05) is 0 Å². The molecule has 1 rings (SSSR count). The van der Waals surface area contributed by atoms with Gasteiger partial charge in [-0.25, -0.2) is 0 Å². The third kappa shape index (κ3) is 2.71. The van der Waals surface area contributed by atoms with Gasteiger partial charge in [0.2, 0.25) is 0 Å². The maximum Gasteiger partial charge on any atom is 0.274 e. The van der Waals surface area contributed by atoms with E-state index >= 15 is 0 Å². The zero-order valence-electron chi connectivity index (χ0n) is 9.31. The highest BCUT2D eigenvalue weighted by Gasteiger charge is 2.23. The highest BCUT2D eigenvalue weighted by Crippen LogP contribution is 2.32. The third-order valence-electron chi connectivity index (χ3n) is 2.66. The lowest BCUT2D eigenvalue weighted by Crippen LogP contribution is -2.24. The van der Waals surface area contributed by atoms with Gasteiger partial charge in [-0.05, 0) is 19.4 Å². The molecule has 0 spiro atoms. The van der Waals surface area contributed by atoms with Crippen molar-refractivity contribution >= 4 is 17.3 Å². The number of nitro groups is 1. The number of rotatable bonds is 4. The van der Waals surface area contributed by atoms with Crippen LogP contribution in [0.15, 0.2) is 18.2 Å². The molecular weight excluding hydrogens is 228 g/mol. The van der Waals surface area contributed by atoms with E-state index in [4.69, 9.17) is 17.3 Å². The van der Waals surface area contributed by atoms with Crippen LogP contribution in [0.2, 0.25) is 5.02 Å². The average Bonchev–Trinajstić information content (AvgIpc) is 2.20. The van der Waals surface area contributed by atoms with Crippen LogP contribution >= 0.6 is 11.6 Å². The van der Waals surface area contributed by atoms with E-state index in [1.165, 1.54) is 6.07 Å². The van der Waals surface area contributed by atoms with Crippen LogP contribution in [0.4, 0.5) is 5.69 Å². The molecule has 0 saturated heterocycles. The fourth-order valence-corrected chi connectivity index (χ4v) is 2.03. The Hall–Kier alpha value is -1.13. The first-order valence-electron chi connectivity index (χ1n) is 5.16. The van der Waals surface area contributed by atoms with Crippen molar-refractivity contribution in [3.05, 3.63) is 38.9 Å². The van der Waals surface area contributed by atoms with E-state index in [0.717, 1.165) is 6.42 Å². The molecule has 0 radical (unpaired) electrons. The molecular formula is C11H15ClN2O2. The number of benzene rings is 1. The van der Waals surface area contributed by atoms with Gasteiger partial charge in [0, 0.05) is 28.6 Å². The quantitative estimate of drug-likeness (QED) is 0.652. The average molecular weight is 243 g/mol. The van der Waals surface area contributed by atoms with E-state index < -0.39 is 4.92 Å². The van der Waals surface area contributed by atoms with Gasteiger partial charge in [-0.3, -0.25) is 10.1 Å². The Morgan fingerprint density at radius 2 is 2.19 bits per heavy atom. The third-order valence-corrected chi connectivity index (χ3v) is 2.90. The highest BCUT2D eigenvalue weighted by molar-refractivity contribution is 6.30. The van der Waals surface area contributed by atoms with Gasteiger partial charge < -0.3 is 5.73 Å². The maximum absolute atomic E-state index is 10.9. The van der Waals surface area contributed by atoms with Gasteiger partial charge in [-0.15, -0.1) is 0 Å². The van der Waals surface area contributed by atoms with Gasteiger partial charge in [0.05, 0.1) is 4.92 Å². The molecule has 2 unspecified atom stereocenters. The summed E-state index contributed by atoms with van der Waals surface area (Å²) >= 11 is 5.75. The molecule has 0 bridgehead atoms. The molecule has 1 aromatic carbocycles. The van der Waals surface area contributed by atoms with Crippen LogP contribution < -0.4 is 5.73 Å². The maximum atomic E-state index is 10.9. The standard InChI is InChI=1S/C11H15ClN2O2/c1-3-9(7(2)13)10-5-4-8(12)6-11(10)14(15)16/h4-7,9H,3,13H2,1-2H3. The van der Waals surface area contributed by atoms with Crippen LogP contribution in [-0.4, -0.2) is 11.0 Å². The zero-order valence-corrected chi connectivity index (χ0v) is 10.1. The Labute approximate surface area is 99.6 Å². The van der Waals surface area contributed by atoms with E-state index in [2.05, 4.69) is 0 Å². The summed E-state index contributed by atoms with van der Waals surface area (Å²) in [6, 6.07) is 4.61. The lowest BCUT2D eigenvalue weighted by atomic mass is 9.89. The summed E-state index contributed by atoms with van der Waals surface area (Å²) in [5.41, 5.74) is 6.54. The van der Waals surface area contributed by atoms with Crippen LogP contribution in [0.5, 0.6) is 0 Å². The molecule has 0 saturated carbocycles. The second kappa shape index (κ2) is 5.27. The summed E-state index contributed by atoms with van der Waals surface area (Å²) in [7, 11) is 0. The molecule has 1 aromatic rings. The minimum Gasteiger partial charge on any atom is -0.327 e. The highest BCUT2D eigenvalue weighted by atomic mass is 35.5. The van der Waals surface area contributed by atoms with Crippen molar-refractivity contribution in [1.29, 1.82) is 0 Å². The first kappa shape index (κ1) is 12.9. The topological polar surface area (TPSA) is 69.2 Å². The molecule has 0 amide bonds. The number of nitrogens with two attached hydrogens (primary N) is 1. The van der Waals surface area contributed by atoms with Crippen LogP contribution in [-0.2, 0) is 0 Å². The van der Waals surface area contributed by atoms with Gasteiger partial charge in [-0.2, -0.15) is 0 Å². The van der Waals surface area contributed by atoms with Crippen molar-refractivity contribution in [1.82, 2.24) is 0 Å². The Morgan fingerprint density at radius 3 is 2.62 bits per heavy atom. The van der Waals surface area contributed by atoms with Crippen LogP contribution in [0.3, 0.4) is 0 Å². The van der Waals surface area contributed by atoms with E-state index in [1.54, 1.807) is 12.1 Å². The van der Waals surface area contributed by atoms with Crippen LogP contribution in [0.25, 0.3) is 0 Å². The Kier molecular flexibility index (Phi) is 4.26. The fraction of sp³-hybridized carbons (Fsp3) is 0.455. The lowest BCUT2D eigenvalue weighted by molar-refractivity contribution is -0.385. The summed E-state index contributed by atoms with van der Waals surface area (Å²) in [5.74, 6) is -0.0160. The van der Waals surface area contributed by atoms with E-state index in [1.807, 2.05) is 13.8 Å². The van der Waals surface area contributed by atoms with Gasteiger partial charge >= 0.3 is 0 Å². The SMILES string of the molecule is CCC(c1ccc(Cl)cc1[N+](=O)[O-])C(C)N. The minimum atomic E-state index is -0.410. The van der Waals surface area contributed by atoms with Gasteiger partial charge in [-0.1, -0.05) is 24.6 Å². The number of hydrogen-bond donors (Lipinski definition) is 1. The van der Waals surface area contributed by atoms with Crippen molar-refractivity contribution in [2.45, 2.75) is 32.2 Å². The molecule has 0 aromatic heterocycles. The zero-order chi connectivity index (χ0) is 12.3. The molecule has 4 nitrogen and oxygen atoms in total. The molecule has 0 aliphatic heterocycles. The predicted octanol–water partition coefficient (Wildman–Crippen LogP) is 3.09. The molecule has 0 heterocycles. The molecule has 0 aliphatic carbocycles. The Morgan fingerprint density at radius 1 is 1.56 bits per heavy atom. The number of halogens is 1. The van der Waals surface area contributed by atoms with E-state index in [0.29, 0.717) is 10.6 Å². The summed E-state index contributed by atoms with van der Waals surface area (Å²) in [4.78, 5) is 10.5. The summed E-state index contributed by atoms with van der Waals surface area (Å²) in [6.07, 6.45) is 0.764. The molecule has 0 fully saturated rings. The van der Waals surface area contributed by atoms with Crippen molar-refractivity contribution in [2.24, 2.45) is 5.73 Å². The van der Waals surface area contributed by atoms with Crippen LogP contribution in [0.1, 0.15) is 31.7 Å². The monoisotopic (exact) mass is 242 g/mol. The van der Waals surface area contributed by atoms with Gasteiger partial charge in [0.15, 0.2) is 0 Å². The minimum absolute atomic E-state index is 0.0160. The first-order chi connectivity index (χ1) is 7.47. The molecule has 2 atom stereocenters. The summed E-state index contributed by atoms with van der Waals surface area (Å²) in [5, 5.41) is 11.3. The van der Waals surface area contributed by atoms with Crippen molar-refractivity contribution < 1.29 is 4.92 Å². The molecule has 16 heavy (non-hydrogen) atoms. The number of nitro benzene ring substituents is 1. The van der Waals surface area contributed by atoms with E-state index in [9.17, 15) is 10.1 Å².